The first-order valence-corrected chi connectivity index (χ1v) is 11.2. The van der Waals surface area contributed by atoms with E-state index in [-0.39, 0.29) is 5.91 Å². The van der Waals surface area contributed by atoms with Gasteiger partial charge in [-0.15, -0.1) is 0 Å². The monoisotopic (exact) mass is 568 g/mol. The maximum Gasteiger partial charge on any atom is 0.271 e. The summed E-state index contributed by atoms with van der Waals surface area (Å²) >= 11 is 14.2. The van der Waals surface area contributed by atoms with Crippen LogP contribution in [0.3, 0.4) is 0 Å². The number of rotatable bonds is 8. The third-order valence-electron chi connectivity index (χ3n) is 4.11. The number of nitrogens with zero attached hydrogens (tertiary/aromatic N) is 1. The van der Waals surface area contributed by atoms with Gasteiger partial charge in [0.1, 0.15) is 6.61 Å². The summed E-state index contributed by atoms with van der Waals surface area (Å²) in [4.78, 5) is 12.1. The van der Waals surface area contributed by atoms with Crippen molar-refractivity contribution in [1.29, 1.82) is 0 Å². The van der Waals surface area contributed by atoms with Gasteiger partial charge in [0, 0.05) is 5.56 Å². The second-order valence-electron chi connectivity index (χ2n) is 6.37. The van der Waals surface area contributed by atoms with Crippen molar-refractivity contribution in [2.75, 3.05) is 6.61 Å². The van der Waals surface area contributed by atoms with E-state index in [2.05, 4.69) is 33.1 Å². The van der Waals surface area contributed by atoms with Crippen LogP contribution in [0.2, 0.25) is 10.0 Å². The van der Waals surface area contributed by atoms with E-state index in [0.29, 0.717) is 40.3 Å². The molecule has 0 aliphatic carbocycles. The molecule has 0 aliphatic heterocycles. The van der Waals surface area contributed by atoms with E-state index in [4.69, 9.17) is 32.7 Å². The van der Waals surface area contributed by atoms with Gasteiger partial charge in [0.25, 0.3) is 5.91 Å². The summed E-state index contributed by atoms with van der Waals surface area (Å²) in [5.41, 5.74) is 4.72. The largest absolute Gasteiger partial charge is 0.490 e. The molecule has 0 atom stereocenters. The fourth-order valence-electron chi connectivity index (χ4n) is 2.67. The van der Waals surface area contributed by atoms with E-state index >= 15 is 0 Å². The minimum absolute atomic E-state index is 0.279. The van der Waals surface area contributed by atoms with Crippen LogP contribution in [0.25, 0.3) is 0 Å². The highest BCUT2D eigenvalue weighted by molar-refractivity contribution is 14.1. The molecule has 0 heterocycles. The van der Waals surface area contributed by atoms with Crippen molar-refractivity contribution in [2.24, 2.45) is 5.10 Å². The second kappa shape index (κ2) is 11.4. The van der Waals surface area contributed by atoms with Crippen molar-refractivity contribution in [3.8, 4) is 11.5 Å². The van der Waals surface area contributed by atoms with Gasteiger partial charge in [-0.25, -0.2) is 5.43 Å². The van der Waals surface area contributed by atoms with Crippen molar-refractivity contribution in [3.05, 3.63) is 91.0 Å². The van der Waals surface area contributed by atoms with E-state index in [9.17, 15) is 4.79 Å². The van der Waals surface area contributed by atoms with Crippen LogP contribution in [-0.4, -0.2) is 18.7 Å². The molecule has 8 heteroatoms. The molecule has 1 amide bonds. The van der Waals surface area contributed by atoms with Crippen molar-refractivity contribution < 1.29 is 14.3 Å². The second-order valence-corrected chi connectivity index (χ2v) is 8.34. The van der Waals surface area contributed by atoms with Gasteiger partial charge in [-0.2, -0.15) is 5.10 Å². The molecule has 0 unspecified atom stereocenters. The lowest BCUT2D eigenvalue weighted by molar-refractivity contribution is 0.0955. The van der Waals surface area contributed by atoms with E-state index in [1.807, 2.05) is 31.2 Å². The Hall–Kier alpha value is -2.29. The highest BCUT2D eigenvalue weighted by Gasteiger charge is 2.13. The van der Waals surface area contributed by atoms with Crippen molar-refractivity contribution >= 4 is 57.9 Å². The van der Waals surface area contributed by atoms with Crippen LogP contribution in [0.1, 0.15) is 28.4 Å². The number of hydrogen-bond acceptors (Lipinski definition) is 4. The topological polar surface area (TPSA) is 59.9 Å². The number of hydrazone groups is 1. The van der Waals surface area contributed by atoms with Crippen molar-refractivity contribution in [2.45, 2.75) is 13.5 Å². The molecule has 0 radical (unpaired) electrons. The first-order chi connectivity index (χ1) is 15.0. The summed E-state index contributed by atoms with van der Waals surface area (Å²) in [6, 6.07) is 18.0. The van der Waals surface area contributed by atoms with Gasteiger partial charge in [0.05, 0.1) is 26.4 Å². The number of ether oxygens (including phenoxy) is 2. The van der Waals surface area contributed by atoms with E-state index < -0.39 is 0 Å². The van der Waals surface area contributed by atoms with Crippen LogP contribution < -0.4 is 14.9 Å². The van der Waals surface area contributed by atoms with E-state index in [1.165, 1.54) is 0 Å². The zero-order valence-corrected chi connectivity index (χ0v) is 20.2. The lowest BCUT2D eigenvalue weighted by Gasteiger charge is -2.15. The normalized spacial score (nSPS) is 10.8. The molecule has 31 heavy (non-hydrogen) atoms. The molecule has 3 rings (SSSR count). The highest BCUT2D eigenvalue weighted by atomic mass is 127. The number of hydrogen-bond donors (Lipinski definition) is 1. The van der Waals surface area contributed by atoms with Gasteiger partial charge in [-0.1, -0.05) is 47.5 Å². The van der Waals surface area contributed by atoms with Gasteiger partial charge < -0.3 is 9.47 Å². The lowest BCUT2D eigenvalue weighted by Crippen LogP contribution is -2.17. The molecule has 3 aromatic carbocycles. The Labute approximate surface area is 204 Å². The molecule has 0 saturated heterocycles. The smallest absolute Gasteiger partial charge is 0.271 e. The number of nitrogens with one attached hydrogen (secondary N) is 1. The first kappa shape index (κ1) is 23.4. The molecule has 3 aromatic rings. The molecule has 1 N–H and O–H groups in total. The Balaban J connectivity index is 1.73. The Morgan fingerprint density at radius 3 is 2.55 bits per heavy atom. The van der Waals surface area contributed by atoms with Crippen LogP contribution in [-0.2, 0) is 6.61 Å². The zero-order chi connectivity index (χ0) is 22.2. The zero-order valence-electron chi connectivity index (χ0n) is 16.6. The van der Waals surface area contributed by atoms with Gasteiger partial charge >= 0.3 is 0 Å². The predicted molar refractivity (Wildman–Crippen MR) is 133 cm³/mol. The molecular formula is C23H19Cl2IN2O3. The molecular weight excluding hydrogens is 550 g/mol. The molecule has 0 aliphatic rings. The molecule has 160 valence electrons. The van der Waals surface area contributed by atoms with Gasteiger partial charge in [-0.05, 0) is 77.0 Å². The van der Waals surface area contributed by atoms with Crippen molar-refractivity contribution in [3.63, 3.8) is 0 Å². The van der Waals surface area contributed by atoms with Crippen LogP contribution in [0.4, 0.5) is 0 Å². The van der Waals surface area contributed by atoms with E-state index in [1.54, 1.807) is 42.6 Å². The van der Waals surface area contributed by atoms with Crippen LogP contribution in [0.5, 0.6) is 11.5 Å². The number of halogens is 3. The van der Waals surface area contributed by atoms with Crippen molar-refractivity contribution in [1.82, 2.24) is 5.43 Å². The number of amides is 1. The maximum atomic E-state index is 12.1. The SMILES string of the molecule is CCOc1cc(/C=N/NC(=O)c2ccccc2)cc(I)c1OCc1ccc(Cl)c(Cl)c1. The molecule has 5 nitrogen and oxygen atoms in total. The molecule has 0 saturated carbocycles. The highest BCUT2D eigenvalue weighted by Crippen LogP contribution is 2.35. The average molecular weight is 569 g/mol. The predicted octanol–water partition coefficient (Wildman–Crippen LogP) is 6.34. The minimum Gasteiger partial charge on any atom is -0.490 e. The summed E-state index contributed by atoms with van der Waals surface area (Å²) < 4.78 is 12.6. The summed E-state index contributed by atoms with van der Waals surface area (Å²) in [6.45, 7) is 2.69. The fraction of sp³-hybridized carbons (Fsp3) is 0.130. The first-order valence-electron chi connectivity index (χ1n) is 9.39. The van der Waals surface area contributed by atoms with Gasteiger partial charge in [0.2, 0.25) is 0 Å². The van der Waals surface area contributed by atoms with E-state index in [0.717, 1.165) is 14.7 Å². The Kier molecular flexibility index (Phi) is 8.57. The minimum atomic E-state index is -0.279. The summed E-state index contributed by atoms with van der Waals surface area (Å²) in [5.74, 6) is 0.933. The maximum absolute atomic E-state index is 12.1. The Bertz CT molecular complexity index is 1090. The molecule has 0 spiro atoms. The molecule has 0 fully saturated rings. The summed E-state index contributed by atoms with van der Waals surface area (Å²) in [6.07, 6.45) is 1.56. The summed E-state index contributed by atoms with van der Waals surface area (Å²) in [5, 5.41) is 5.03. The standard InChI is InChI=1S/C23H19Cl2IN2O3/c1-2-30-21-12-16(13-27-28-23(29)17-6-4-3-5-7-17)11-20(26)22(21)31-14-15-8-9-18(24)19(25)10-15/h3-13H,2,14H2,1H3,(H,28,29)/b27-13+. The van der Waals surface area contributed by atoms with Crippen LogP contribution in [0, 0.1) is 3.57 Å². The third-order valence-corrected chi connectivity index (χ3v) is 5.65. The Morgan fingerprint density at radius 2 is 1.84 bits per heavy atom. The van der Waals surface area contributed by atoms with Crippen LogP contribution in [0.15, 0.2) is 65.8 Å². The molecule has 0 bridgehead atoms. The quantitative estimate of drug-likeness (QED) is 0.196. The van der Waals surface area contributed by atoms with Crippen LogP contribution >= 0.6 is 45.8 Å². The number of benzene rings is 3. The van der Waals surface area contributed by atoms with Gasteiger partial charge in [0.15, 0.2) is 11.5 Å². The summed E-state index contributed by atoms with van der Waals surface area (Å²) in [7, 11) is 0. The Morgan fingerprint density at radius 1 is 1.06 bits per heavy atom. The third kappa shape index (κ3) is 6.59. The average Bonchev–Trinajstić information content (AvgIpc) is 2.76. The lowest BCUT2D eigenvalue weighted by atomic mass is 10.2. The fourth-order valence-corrected chi connectivity index (χ4v) is 3.77. The molecule has 0 aromatic heterocycles. The number of carbonyl (C=O) groups is 1. The van der Waals surface area contributed by atoms with Gasteiger partial charge in [-0.3, -0.25) is 4.79 Å². The number of carbonyl (C=O) groups excluding carboxylic acids is 1.